The van der Waals surface area contributed by atoms with Crippen molar-refractivity contribution in [2.24, 2.45) is 4.99 Å². The SMILES string of the molecule is Nc1nc(N)c(C(=O)NC2=NCC3(CCN(C(=O)CCCC4C(=O)Nc5ccccc54)CC3)N2)nc1Cl. The minimum atomic E-state index is -0.596. The second-order valence-electron chi connectivity index (χ2n) is 9.56. The van der Waals surface area contributed by atoms with E-state index in [4.69, 9.17) is 23.1 Å². The zero-order valence-corrected chi connectivity index (χ0v) is 20.8. The van der Waals surface area contributed by atoms with Gasteiger partial charge in [0.2, 0.25) is 11.8 Å². The zero-order valence-electron chi connectivity index (χ0n) is 20.1. The molecule has 1 spiro atoms. The minimum absolute atomic E-state index is 0.00186. The van der Waals surface area contributed by atoms with Crippen molar-refractivity contribution < 1.29 is 14.4 Å². The third kappa shape index (κ3) is 5.01. The summed E-state index contributed by atoms with van der Waals surface area (Å²) in [5.74, 6) is -0.580. The van der Waals surface area contributed by atoms with E-state index in [1.165, 1.54) is 0 Å². The normalized spacial score (nSPS) is 19.7. The molecule has 1 aromatic carbocycles. The Morgan fingerprint density at radius 2 is 1.92 bits per heavy atom. The van der Waals surface area contributed by atoms with Gasteiger partial charge in [0.05, 0.1) is 18.0 Å². The number of nitrogens with two attached hydrogens (primary N) is 2. The van der Waals surface area contributed by atoms with E-state index in [2.05, 4.69) is 30.9 Å². The number of nitrogens with one attached hydrogen (secondary N) is 3. The Bertz CT molecular complexity index is 1290. The van der Waals surface area contributed by atoms with Crippen LogP contribution in [0.1, 0.15) is 54.1 Å². The number of rotatable bonds is 5. The van der Waals surface area contributed by atoms with Gasteiger partial charge in [-0.2, -0.15) is 0 Å². The molecule has 1 fully saturated rings. The molecule has 2 aromatic rings. The second kappa shape index (κ2) is 9.85. The van der Waals surface area contributed by atoms with Crippen molar-refractivity contribution in [1.29, 1.82) is 0 Å². The van der Waals surface area contributed by atoms with E-state index >= 15 is 0 Å². The number of nitrogens with zero attached hydrogens (tertiary/aromatic N) is 4. The number of amides is 3. The van der Waals surface area contributed by atoms with Crippen molar-refractivity contribution in [2.75, 3.05) is 36.4 Å². The number of benzene rings is 1. The molecule has 1 saturated heterocycles. The number of hydrogen-bond acceptors (Lipinski definition) is 9. The number of fused-ring (bicyclic) bond motifs is 1. The lowest BCUT2D eigenvalue weighted by Crippen LogP contribution is -2.56. The van der Waals surface area contributed by atoms with Gasteiger partial charge < -0.3 is 27.0 Å². The van der Waals surface area contributed by atoms with Gasteiger partial charge in [-0.15, -0.1) is 0 Å². The number of nitrogen functional groups attached to an aromatic ring is 2. The number of piperidine rings is 1. The van der Waals surface area contributed by atoms with Crippen LogP contribution in [0.5, 0.6) is 0 Å². The van der Waals surface area contributed by atoms with Gasteiger partial charge in [-0.1, -0.05) is 29.8 Å². The number of guanidine groups is 1. The molecule has 12 nitrogen and oxygen atoms in total. The molecular weight excluding hydrogens is 498 g/mol. The smallest absolute Gasteiger partial charge is 0.280 e. The van der Waals surface area contributed by atoms with E-state index < -0.39 is 5.91 Å². The maximum Gasteiger partial charge on any atom is 0.280 e. The van der Waals surface area contributed by atoms with Crippen LogP contribution in [0, 0.1) is 0 Å². The summed E-state index contributed by atoms with van der Waals surface area (Å²) in [7, 11) is 0. The summed E-state index contributed by atoms with van der Waals surface area (Å²) in [6, 6.07) is 7.69. The lowest BCUT2D eigenvalue weighted by Gasteiger charge is -2.39. The Kier molecular flexibility index (Phi) is 6.59. The van der Waals surface area contributed by atoms with Crippen molar-refractivity contribution in [2.45, 2.75) is 43.6 Å². The lowest BCUT2D eigenvalue weighted by molar-refractivity contribution is -0.133. The Hall–Kier alpha value is -3.93. The van der Waals surface area contributed by atoms with Crippen molar-refractivity contribution in [3.63, 3.8) is 0 Å². The molecule has 194 valence electrons. The molecule has 3 amide bonds. The number of hydrogen-bond donors (Lipinski definition) is 5. The molecule has 37 heavy (non-hydrogen) atoms. The molecule has 4 heterocycles. The molecule has 0 bridgehead atoms. The predicted molar refractivity (Wildman–Crippen MR) is 139 cm³/mol. The molecule has 1 atom stereocenters. The van der Waals surface area contributed by atoms with Crippen LogP contribution < -0.4 is 27.4 Å². The van der Waals surface area contributed by atoms with Gasteiger partial charge in [0.15, 0.2) is 28.4 Å². The Morgan fingerprint density at radius 3 is 2.70 bits per heavy atom. The van der Waals surface area contributed by atoms with Crippen LogP contribution in [0.15, 0.2) is 29.3 Å². The summed E-state index contributed by atoms with van der Waals surface area (Å²) in [4.78, 5) is 51.7. The first-order valence-corrected chi connectivity index (χ1v) is 12.5. The number of anilines is 3. The standard InChI is InChI=1S/C24H28ClN9O3/c25-18-20(27)31-19(26)17(30-18)22(37)32-23-28-12-24(33-23)8-10-34(11-9-24)16(35)7-3-5-14-13-4-1-2-6-15(13)29-21(14)36/h1-2,4,6,14H,3,5,7-12H2,(H,29,36)(H4,26,27,31)(H2,28,32,33,37). The van der Waals surface area contributed by atoms with Crippen LogP contribution in [0.3, 0.4) is 0 Å². The number of aromatic nitrogens is 2. The lowest BCUT2D eigenvalue weighted by atomic mass is 9.88. The summed E-state index contributed by atoms with van der Waals surface area (Å²) in [5, 5.41) is 8.75. The average molecular weight is 526 g/mol. The highest BCUT2D eigenvalue weighted by molar-refractivity contribution is 6.31. The molecule has 1 aromatic heterocycles. The Labute approximate surface area is 218 Å². The van der Waals surface area contributed by atoms with Crippen LogP contribution in [-0.4, -0.2) is 63.7 Å². The number of likely N-dealkylation sites (tertiary alicyclic amines) is 1. The Morgan fingerprint density at radius 1 is 1.16 bits per heavy atom. The first-order chi connectivity index (χ1) is 17.7. The first kappa shape index (κ1) is 24.8. The highest BCUT2D eigenvalue weighted by Crippen LogP contribution is 2.35. The van der Waals surface area contributed by atoms with Gasteiger partial charge >= 0.3 is 0 Å². The Balaban J connectivity index is 1.08. The summed E-state index contributed by atoms with van der Waals surface area (Å²) in [6.07, 6.45) is 3.06. The maximum atomic E-state index is 12.8. The fraction of sp³-hybridized carbons (Fsp3) is 0.417. The summed E-state index contributed by atoms with van der Waals surface area (Å²) < 4.78 is 0. The van der Waals surface area contributed by atoms with Gasteiger partial charge in [-0.3, -0.25) is 24.7 Å². The van der Waals surface area contributed by atoms with Crippen molar-refractivity contribution in [3.05, 3.63) is 40.7 Å². The van der Waals surface area contributed by atoms with Crippen LogP contribution in [0.4, 0.5) is 17.3 Å². The average Bonchev–Trinajstić information content (AvgIpc) is 3.41. The number of aliphatic imine (C=N–C) groups is 1. The van der Waals surface area contributed by atoms with E-state index in [-0.39, 0.29) is 45.8 Å². The van der Waals surface area contributed by atoms with E-state index in [0.29, 0.717) is 57.7 Å². The monoisotopic (exact) mass is 525 g/mol. The molecule has 13 heteroatoms. The molecule has 3 aliphatic heterocycles. The highest BCUT2D eigenvalue weighted by Gasteiger charge is 2.40. The summed E-state index contributed by atoms with van der Waals surface area (Å²) in [5.41, 5.74) is 12.7. The largest absolute Gasteiger partial charge is 0.382 e. The van der Waals surface area contributed by atoms with Gasteiger partial charge in [-0.05, 0) is 37.3 Å². The van der Waals surface area contributed by atoms with Crippen molar-refractivity contribution in [3.8, 4) is 0 Å². The minimum Gasteiger partial charge on any atom is -0.382 e. The number of halogens is 1. The van der Waals surface area contributed by atoms with E-state index in [1.807, 2.05) is 29.2 Å². The van der Waals surface area contributed by atoms with Gasteiger partial charge in [0.25, 0.3) is 5.91 Å². The van der Waals surface area contributed by atoms with Crippen molar-refractivity contribution >= 4 is 52.6 Å². The molecule has 0 aliphatic carbocycles. The number of para-hydroxylation sites is 1. The molecule has 7 N–H and O–H groups in total. The molecule has 1 unspecified atom stereocenters. The van der Waals surface area contributed by atoms with Gasteiger partial charge in [-0.25, -0.2) is 9.97 Å². The predicted octanol–water partition coefficient (Wildman–Crippen LogP) is 1.25. The fourth-order valence-electron chi connectivity index (χ4n) is 5.05. The van der Waals surface area contributed by atoms with Crippen molar-refractivity contribution in [1.82, 2.24) is 25.5 Å². The molecule has 3 aliphatic rings. The quantitative estimate of drug-likeness (QED) is 0.386. The van der Waals surface area contributed by atoms with Gasteiger partial charge in [0.1, 0.15) is 0 Å². The van der Waals surface area contributed by atoms with Crippen LogP contribution in [-0.2, 0) is 9.59 Å². The molecular formula is C24H28ClN9O3. The summed E-state index contributed by atoms with van der Waals surface area (Å²) in [6.45, 7) is 1.65. The zero-order chi connectivity index (χ0) is 26.2. The molecule has 5 rings (SSSR count). The second-order valence-corrected chi connectivity index (χ2v) is 9.92. The number of carbonyl (C=O) groups is 3. The highest BCUT2D eigenvalue weighted by atomic mass is 35.5. The van der Waals surface area contributed by atoms with E-state index in [1.54, 1.807) is 0 Å². The van der Waals surface area contributed by atoms with E-state index in [0.717, 1.165) is 11.3 Å². The van der Waals surface area contributed by atoms with E-state index in [9.17, 15) is 14.4 Å². The van der Waals surface area contributed by atoms with Crippen LogP contribution >= 0.6 is 11.6 Å². The molecule has 0 radical (unpaired) electrons. The summed E-state index contributed by atoms with van der Waals surface area (Å²) >= 11 is 5.86. The number of carbonyl (C=O) groups excluding carboxylic acids is 3. The molecule has 0 saturated carbocycles. The maximum absolute atomic E-state index is 12.8. The third-order valence-corrected chi connectivity index (χ3v) is 7.42. The first-order valence-electron chi connectivity index (χ1n) is 12.1. The fourth-order valence-corrected chi connectivity index (χ4v) is 5.18. The topological polar surface area (TPSA) is 181 Å². The van der Waals surface area contributed by atoms with Gasteiger partial charge in [0, 0.05) is 25.2 Å². The van der Waals surface area contributed by atoms with Crippen LogP contribution in [0.2, 0.25) is 5.15 Å². The van der Waals surface area contributed by atoms with Crippen LogP contribution in [0.25, 0.3) is 0 Å². The third-order valence-electron chi connectivity index (χ3n) is 7.14.